The van der Waals surface area contributed by atoms with E-state index in [4.69, 9.17) is 0 Å². The number of nitrogens with zero attached hydrogens (tertiary/aromatic N) is 4. The van der Waals surface area contributed by atoms with Gasteiger partial charge in [0, 0.05) is 29.0 Å². The fourth-order valence-electron chi connectivity index (χ4n) is 3.08. The molecule has 0 saturated heterocycles. The SMILES string of the molecule is CCS(=O)(=O)c1cc(Br)cnc1-c1cn2c(=O)n(C3CC3)c(C(F)(F)F)cc2n1. The second-order valence-electron chi connectivity index (χ2n) is 6.67. The van der Waals surface area contributed by atoms with Gasteiger partial charge in [-0.15, -0.1) is 0 Å². The fourth-order valence-corrected chi connectivity index (χ4v) is 4.64. The number of sulfone groups is 1. The van der Waals surface area contributed by atoms with Crippen LogP contribution in [0.2, 0.25) is 0 Å². The maximum Gasteiger partial charge on any atom is 0.431 e. The summed E-state index contributed by atoms with van der Waals surface area (Å²) in [5.41, 5.74) is -2.18. The first-order chi connectivity index (χ1) is 13.5. The van der Waals surface area contributed by atoms with Crippen molar-refractivity contribution in [1.29, 1.82) is 0 Å². The normalized spacial score (nSPS) is 15.2. The molecular weight excluding hydrogens is 477 g/mol. The van der Waals surface area contributed by atoms with E-state index < -0.39 is 33.4 Å². The lowest BCUT2D eigenvalue weighted by Crippen LogP contribution is -2.31. The number of alkyl halides is 3. The number of hydrogen-bond donors (Lipinski definition) is 0. The zero-order valence-corrected chi connectivity index (χ0v) is 17.3. The molecule has 0 aliphatic heterocycles. The summed E-state index contributed by atoms with van der Waals surface area (Å²) >= 11 is 3.17. The van der Waals surface area contributed by atoms with E-state index in [-0.39, 0.29) is 27.7 Å². The summed E-state index contributed by atoms with van der Waals surface area (Å²) in [6, 6.07) is 1.65. The highest BCUT2D eigenvalue weighted by Gasteiger charge is 2.40. The van der Waals surface area contributed by atoms with Gasteiger partial charge in [-0.25, -0.2) is 18.2 Å². The van der Waals surface area contributed by atoms with Gasteiger partial charge in [0.1, 0.15) is 22.7 Å². The van der Waals surface area contributed by atoms with Gasteiger partial charge >= 0.3 is 11.9 Å². The predicted octanol–water partition coefficient (Wildman–Crippen LogP) is 3.47. The van der Waals surface area contributed by atoms with E-state index in [2.05, 4.69) is 25.9 Å². The molecule has 3 aromatic heterocycles. The van der Waals surface area contributed by atoms with E-state index in [0.29, 0.717) is 17.3 Å². The standard InChI is InChI=1S/C17H14BrF3N4O3S/c1-2-29(27,28)12-5-9(18)7-22-15(12)11-8-24-14(23-11)6-13(17(19,20)21)25(16(24)26)10-3-4-10/h5-8,10H,2-4H2,1H3. The van der Waals surface area contributed by atoms with E-state index in [0.717, 1.165) is 15.0 Å². The maximum absolute atomic E-state index is 13.5. The van der Waals surface area contributed by atoms with Crippen LogP contribution in [0.25, 0.3) is 17.0 Å². The Morgan fingerprint density at radius 1 is 1.28 bits per heavy atom. The maximum atomic E-state index is 13.5. The van der Waals surface area contributed by atoms with Crippen LogP contribution in [0.15, 0.2) is 38.7 Å². The van der Waals surface area contributed by atoms with Crippen molar-refractivity contribution in [1.82, 2.24) is 18.9 Å². The average molecular weight is 491 g/mol. The van der Waals surface area contributed by atoms with Crippen LogP contribution in [0.3, 0.4) is 0 Å². The van der Waals surface area contributed by atoms with Crippen LogP contribution in [0.4, 0.5) is 13.2 Å². The second-order valence-corrected chi connectivity index (χ2v) is 9.83. The summed E-state index contributed by atoms with van der Waals surface area (Å²) in [7, 11) is -3.70. The molecule has 1 fully saturated rings. The molecule has 29 heavy (non-hydrogen) atoms. The Bertz CT molecular complexity index is 1290. The van der Waals surface area contributed by atoms with Gasteiger partial charge in [-0.3, -0.25) is 14.0 Å². The van der Waals surface area contributed by atoms with Crippen LogP contribution in [0.1, 0.15) is 31.5 Å². The molecule has 0 atom stereocenters. The molecule has 0 radical (unpaired) electrons. The van der Waals surface area contributed by atoms with Crippen molar-refractivity contribution >= 4 is 31.4 Å². The largest absolute Gasteiger partial charge is 0.431 e. The summed E-state index contributed by atoms with van der Waals surface area (Å²) in [4.78, 5) is 20.8. The highest BCUT2D eigenvalue weighted by Crippen LogP contribution is 2.39. The molecular formula is C17H14BrF3N4O3S. The number of halogens is 4. The molecule has 1 aliphatic carbocycles. The highest BCUT2D eigenvalue weighted by atomic mass is 79.9. The smallest absolute Gasteiger partial charge is 0.286 e. The summed E-state index contributed by atoms with van der Waals surface area (Å²) in [6.45, 7) is 1.47. The third kappa shape index (κ3) is 3.48. The lowest BCUT2D eigenvalue weighted by atomic mass is 10.3. The number of fused-ring (bicyclic) bond motifs is 1. The molecule has 3 aromatic rings. The molecule has 1 aliphatic rings. The van der Waals surface area contributed by atoms with Gasteiger partial charge in [-0.1, -0.05) is 6.92 Å². The summed E-state index contributed by atoms with van der Waals surface area (Å²) in [6.07, 6.45) is -1.16. The van der Waals surface area contributed by atoms with E-state index in [1.165, 1.54) is 25.4 Å². The van der Waals surface area contributed by atoms with E-state index in [1.807, 2.05) is 0 Å². The van der Waals surface area contributed by atoms with Crippen LogP contribution >= 0.6 is 15.9 Å². The van der Waals surface area contributed by atoms with Crippen molar-refractivity contribution in [3.63, 3.8) is 0 Å². The van der Waals surface area contributed by atoms with E-state index in [9.17, 15) is 26.4 Å². The molecule has 0 unspecified atom stereocenters. The minimum absolute atomic E-state index is 0.00305. The van der Waals surface area contributed by atoms with Crippen molar-refractivity contribution in [2.24, 2.45) is 0 Å². The predicted molar refractivity (Wildman–Crippen MR) is 101 cm³/mol. The van der Waals surface area contributed by atoms with Crippen molar-refractivity contribution < 1.29 is 21.6 Å². The van der Waals surface area contributed by atoms with Crippen LogP contribution in [0.5, 0.6) is 0 Å². The molecule has 7 nitrogen and oxygen atoms in total. The van der Waals surface area contributed by atoms with Crippen molar-refractivity contribution in [3.8, 4) is 11.4 Å². The van der Waals surface area contributed by atoms with Crippen molar-refractivity contribution in [2.75, 3.05) is 5.75 Å². The Balaban J connectivity index is 1.99. The lowest BCUT2D eigenvalue weighted by molar-refractivity contribution is -0.144. The average Bonchev–Trinajstić information content (AvgIpc) is 3.38. The topological polar surface area (TPSA) is 86.3 Å². The lowest BCUT2D eigenvalue weighted by Gasteiger charge is -2.14. The number of aromatic nitrogens is 4. The number of pyridine rings is 1. The van der Waals surface area contributed by atoms with Gasteiger partial charge in [-0.05, 0) is 34.8 Å². The van der Waals surface area contributed by atoms with E-state index >= 15 is 0 Å². The summed E-state index contributed by atoms with van der Waals surface area (Å²) < 4.78 is 67.5. The number of rotatable bonds is 4. The van der Waals surface area contributed by atoms with Gasteiger partial charge in [-0.2, -0.15) is 13.2 Å². The van der Waals surface area contributed by atoms with Crippen LogP contribution in [-0.4, -0.2) is 33.1 Å². The monoisotopic (exact) mass is 490 g/mol. The molecule has 0 spiro atoms. The molecule has 0 N–H and O–H groups in total. The Morgan fingerprint density at radius 2 is 1.97 bits per heavy atom. The first kappa shape index (κ1) is 20.1. The Labute approximate surface area is 171 Å². The molecule has 12 heteroatoms. The molecule has 0 amide bonds. The highest BCUT2D eigenvalue weighted by molar-refractivity contribution is 9.10. The third-order valence-electron chi connectivity index (χ3n) is 4.65. The zero-order valence-electron chi connectivity index (χ0n) is 14.9. The van der Waals surface area contributed by atoms with Gasteiger partial charge in [0.25, 0.3) is 0 Å². The van der Waals surface area contributed by atoms with Gasteiger partial charge < -0.3 is 0 Å². The van der Waals surface area contributed by atoms with Crippen LogP contribution < -0.4 is 5.69 Å². The van der Waals surface area contributed by atoms with Crippen molar-refractivity contribution in [3.05, 3.63) is 45.2 Å². The first-order valence-corrected chi connectivity index (χ1v) is 11.1. The first-order valence-electron chi connectivity index (χ1n) is 8.63. The molecule has 1 saturated carbocycles. The Hall–Kier alpha value is -2.21. The van der Waals surface area contributed by atoms with Crippen molar-refractivity contribution in [2.45, 2.75) is 36.9 Å². The minimum Gasteiger partial charge on any atom is -0.286 e. The fraction of sp³-hybridized carbons (Fsp3) is 0.353. The molecule has 4 rings (SSSR count). The Kier molecular flexibility index (Phi) is 4.61. The quantitative estimate of drug-likeness (QED) is 0.558. The zero-order chi connectivity index (χ0) is 21.1. The van der Waals surface area contributed by atoms with Gasteiger partial charge in [0.2, 0.25) is 0 Å². The minimum atomic E-state index is -4.72. The number of hydrogen-bond acceptors (Lipinski definition) is 5. The van der Waals surface area contributed by atoms with Crippen LogP contribution in [-0.2, 0) is 16.0 Å². The number of imidazole rings is 1. The van der Waals surface area contributed by atoms with Gasteiger partial charge in [0.05, 0.1) is 10.6 Å². The second kappa shape index (κ2) is 6.66. The van der Waals surface area contributed by atoms with Gasteiger partial charge in [0.15, 0.2) is 9.84 Å². The van der Waals surface area contributed by atoms with E-state index in [1.54, 1.807) is 0 Å². The molecule has 154 valence electrons. The molecule has 3 heterocycles. The van der Waals surface area contributed by atoms with Crippen LogP contribution in [0, 0.1) is 0 Å². The Morgan fingerprint density at radius 3 is 2.55 bits per heavy atom. The summed E-state index contributed by atoms with van der Waals surface area (Å²) in [5.74, 6) is -0.196. The molecule has 0 aromatic carbocycles. The molecule has 0 bridgehead atoms. The third-order valence-corrected chi connectivity index (χ3v) is 6.83. The summed E-state index contributed by atoms with van der Waals surface area (Å²) in [5, 5.41) is 0.